The Morgan fingerprint density at radius 2 is 0.667 bits per heavy atom. The summed E-state index contributed by atoms with van der Waals surface area (Å²) in [4.78, 5) is 0. The Bertz CT molecular complexity index is 226. The van der Waals surface area contributed by atoms with Gasteiger partial charge in [-0.3, -0.25) is 0 Å². The molecular formula is C26H56O. The number of hydrogen-bond acceptors (Lipinski definition) is 1. The standard InChI is InChI=1S/C24H50.C2H6O/c1-4-6-8-10-12-14-15-17-19-21-23-24(3)22-20-18-16-13-11-9-7-5-2;1-2-3/h24H,4-23H2,1-3H3;3H,2H2,1H3. The molecule has 0 aromatic rings. The van der Waals surface area contributed by atoms with Gasteiger partial charge < -0.3 is 5.11 Å². The van der Waals surface area contributed by atoms with E-state index in [1.165, 1.54) is 128 Å². The quantitative estimate of drug-likeness (QED) is 0.207. The summed E-state index contributed by atoms with van der Waals surface area (Å²) in [5.41, 5.74) is 0. The highest BCUT2D eigenvalue weighted by molar-refractivity contribution is 4.56. The zero-order valence-corrected chi connectivity index (χ0v) is 19.9. The minimum atomic E-state index is 0.250. The van der Waals surface area contributed by atoms with Crippen molar-refractivity contribution in [2.45, 2.75) is 156 Å². The topological polar surface area (TPSA) is 20.2 Å². The zero-order valence-electron chi connectivity index (χ0n) is 19.9. The van der Waals surface area contributed by atoms with E-state index in [0.717, 1.165) is 5.92 Å². The van der Waals surface area contributed by atoms with E-state index in [1.54, 1.807) is 6.92 Å². The van der Waals surface area contributed by atoms with E-state index in [9.17, 15) is 0 Å². The first-order chi connectivity index (χ1) is 13.2. The van der Waals surface area contributed by atoms with Crippen LogP contribution in [0.25, 0.3) is 0 Å². The number of rotatable bonds is 20. The molecule has 1 unspecified atom stereocenters. The van der Waals surface area contributed by atoms with Gasteiger partial charge in [-0.05, 0) is 12.8 Å². The maximum Gasteiger partial charge on any atom is 0.0402 e. The molecule has 0 aliphatic heterocycles. The van der Waals surface area contributed by atoms with Gasteiger partial charge in [-0.25, -0.2) is 0 Å². The van der Waals surface area contributed by atoms with E-state index >= 15 is 0 Å². The van der Waals surface area contributed by atoms with Gasteiger partial charge in [0, 0.05) is 6.61 Å². The Hall–Kier alpha value is -0.0400. The number of aliphatic hydroxyl groups excluding tert-OH is 1. The molecule has 0 saturated carbocycles. The first-order valence-electron chi connectivity index (χ1n) is 12.8. The van der Waals surface area contributed by atoms with Crippen LogP contribution in [-0.2, 0) is 0 Å². The van der Waals surface area contributed by atoms with Gasteiger partial charge in [0.25, 0.3) is 0 Å². The van der Waals surface area contributed by atoms with Crippen molar-refractivity contribution in [3.05, 3.63) is 0 Å². The van der Waals surface area contributed by atoms with Gasteiger partial charge >= 0.3 is 0 Å². The molecule has 0 aliphatic carbocycles. The van der Waals surface area contributed by atoms with E-state index in [0.29, 0.717) is 0 Å². The third-order valence-electron chi connectivity index (χ3n) is 5.60. The first-order valence-corrected chi connectivity index (χ1v) is 12.8. The molecule has 0 radical (unpaired) electrons. The Kier molecular flexibility index (Phi) is 30.4. The molecule has 27 heavy (non-hydrogen) atoms. The van der Waals surface area contributed by atoms with Gasteiger partial charge in [0.2, 0.25) is 0 Å². The summed E-state index contributed by atoms with van der Waals surface area (Å²) in [5, 5.41) is 7.57. The number of hydrogen-bond donors (Lipinski definition) is 1. The molecule has 1 nitrogen and oxygen atoms in total. The summed E-state index contributed by atoms with van der Waals surface area (Å²) in [6, 6.07) is 0. The predicted molar refractivity (Wildman–Crippen MR) is 126 cm³/mol. The fraction of sp³-hybridized carbons (Fsp3) is 1.00. The van der Waals surface area contributed by atoms with Crippen LogP contribution < -0.4 is 0 Å². The highest BCUT2D eigenvalue weighted by Gasteiger charge is 2.02. The largest absolute Gasteiger partial charge is 0.397 e. The van der Waals surface area contributed by atoms with Gasteiger partial charge in [-0.2, -0.15) is 0 Å². The Morgan fingerprint density at radius 1 is 0.444 bits per heavy atom. The van der Waals surface area contributed by atoms with Crippen molar-refractivity contribution < 1.29 is 5.11 Å². The Labute approximate surface area is 174 Å². The number of aliphatic hydroxyl groups is 1. The van der Waals surface area contributed by atoms with Gasteiger partial charge in [0.15, 0.2) is 0 Å². The second kappa shape index (κ2) is 28.2. The summed E-state index contributed by atoms with van der Waals surface area (Å²) in [6.07, 6.45) is 29.3. The molecule has 0 fully saturated rings. The normalized spacial score (nSPS) is 11.9. The SMILES string of the molecule is CCCCCCCCCCCCC(C)CCCCCCCCCC.CCO. The molecule has 0 aromatic heterocycles. The van der Waals surface area contributed by atoms with Gasteiger partial charge in [-0.1, -0.05) is 149 Å². The Morgan fingerprint density at radius 3 is 0.926 bits per heavy atom. The molecule has 0 amide bonds. The maximum atomic E-state index is 7.57. The molecule has 0 bridgehead atoms. The molecule has 1 heteroatoms. The zero-order chi connectivity index (χ0) is 20.4. The summed E-state index contributed by atoms with van der Waals surface area (Å²) in [5.74, 6) is 0.971. The first kappa shape index (κ1) is 29.2. The Balaban J connectivity index is 0. The highest BCUT2D eigenvalue weighted by Crippen LogP contribution is 2.19. The average molecular weight is 385 g/mol. The van der Waals surface area contributed by atoms with Crippen molar-refractivity contribution in [1.82, 2.24) is 0 Å². The van der Waals surface area contributed by atoms with E-state index in [-0.39, 0.29) is 6.61 Å². The second-order valence-electron chi connectivity index (χ2n) is 8.66. The van der Waals surface area contributed by atoms with Crippen LogP contribution in [0, 0.1) is 5.92 Å². The van der Waals surface area contributed by atoms with Crippen LogP contribution in [0.15, 0.2) is 0 Å². The summed E-state index contributed by atoms with van der Waals surface area (Å²) >= 11 is 0. The molecule has 1 atom stereocenters. The van der Waals surface area contributed by atoms with Crippen LogP contribution in [0.2, 0.25) is 0 Å². The van der Waals surface area contributed by atoms with Gasteiger partial charge in [-0.15, -0.1) is 0 Å². The lowest BCUT2D eigenvalue weighted by molar-refractivity contribution is 0.318. The monoisotopic (exact) mass is 384 g/mol. The molecule has 0 heterocycles. The lowest BCUT2D eigenvalue weighted by Crippen LogP contribution is -1.95. The summed E-state index contributed by atoms with van der Waals surface area (Å²) < 4.78 is 0. The van der Waals surface area contributed by atoms with E-state index < -0.39 is 0 Å². The average Bonchev–Trinajstić information content (AvgIpc) is 2.66. The van der Waals surface area contributed by atoms with E-state index in [4.69, 9.17) is 5.11 Å². The van der Waals surface area contributed by atoms with E-state index in [2.05, 4.69) is 20.8 Å². The second-order valence-corrected chi connectivity index (χ2v) is 8.66. The minimum Gasteiger partial charge on any atom is -0.397 e. The number of unbranched alkanes of at least 4 members (excludes halogenated alkanes) is 16. The fourth-order valence-electron chi connectivity index (χ4n) is 3.75. The summed E-state index contributed by atoms with van der Waals surface area (Å²) in [6.45, 7) is 9.01. The van der Waals surface area contributed by atoms with Gasteiger partial charge in [0.1, 0.15) is 0 Å². The van der Waals surface area contributed by atoms with Crippen LogP contribution in [0.5, 0.6) is 0 Å². The van der Waals surface area contributed by atoms with Crippen LogP contribution in [-0.4, -0.2) is 11.7 Å². The summed E-state index contributed by atoms with van der Waals surface area (Å²) in [7, 11) is 0. The van der Waals surface area contributed by atoms with Crippen LogP contribution in [0.1, 0.15) is 156 Å². The highest BCUT2D eigenvalue weighted by atomic mass is 16.2. The van der Waals surface area contributed by atoms with Crippen molar-refractivity contribution in [1.29, 1.82) is 0 Å². The van der Waals surface area contributed by atoms with Crippen molar-refractivity contribution in [2.75, 3.05) is 6.61 Å². The minimum absolute atomic E-state index is 0.250. The van der Waals surface area contributed by atoms with Crippen LogP contribution in [0.3, 0.4) is 0 Å². The van der Waals surface area contributed by atoms with Crippen LogP contribution >= 0.6 is 0 Å². The molecule has 166 valence electrons. The molecule has 0 spiro atoms. The maximum absolute atomic E-state index is 7.57. The van der Waals surface area contributed by atoms with Crippen LogP contribution in [0.4, 0.5) is 0 Å². The lowest BCUT2D eigenvalue weighted by atomic mass is 9.95. The third-order valence-corrected chi connectivity index (χ3v) is 5.60. The molecule has 1 N–H and O–H groups in total. The van der Waals surface area contributed by atoms with Crippen molar-refractivity contribution in [3.63, 3.8) is 0 Å². The molecule has 0 saturated heterocycles. The van der Waals surface area contributed by atoms with Gasteiger partial charge in [0.05, 0.1) is 0 Å². The predicted octanol–water partition coefficient (Wildman–Crippen LogP) is 9.46. The smallest absolute Gasteiger partial charge is 0.0402 e. The van der Waals surface area contributed by atoms with Crippen molar-refractivity contribution >= 4 is 0 Å². The fourth-order valence-corrected chi connectivity index (χ4v) is 3.75. The molecule has 0 aliphatic rings. The third kappa shape index (κ3) is 30.9. The van der Waals surface area contributed by atoms with Crippen molar-refractivity contribution in [3.8, 4) is 0 Å². The van der Waals surface area contributed by atoms with E-state index in [1.807, 2.05) is 0 Å². The lowest BCUT2D eigenvalue weighted by Gasteiger charge is -2.11. The molecule has 0 aromatic carbocycles. The van der Waals surface area contributed by atoms with Crippen molar-refractivity contribution in [2.24, 2.45) is 5.92 Å². The molecular weight excluding hydrogens is 328 g/mol. The molecule has 0 rings (SSSR count).